The summed E-state index contributed by atoms with van der Waals surface area (Å²) in [4.78, 5) is 15.7. The average Bonchev–Trinajstić information content (AvgIpc) is 2.37. The zero-order valence-corrected chi connectivity index (χ0v) is 11.0. The Morgan fingerprint density at radius 3 is 2.85 bits per heavy atom. The molecule has 112 valence electrons. The van der Waals surface area contributed by atoms with Gasteiger partial charge in [-0.25, -0.2) is 4.98 Å². The van der Waals surface area contributed by atoms with Crippen molar-refractivity contribution in [1.82, 2.24) is 10.3 Å². The number of carbonyl (C=O) groups excluding carboxylic acids is 1. The first-order valence-corrected chi connectivity index (χ1v) is 6.05. The molecule has 0 aliphatic heterocycles. The number of nitrogens with one attached hydrogen (secondary N) is 2. The van der Waals surface area contributed by atoms with Gasteiger partial charge in [0.1, 0.15) is 12.4 Å². The van der Waals surface area contributed by atoms with Gasteiger partial charge in [-0.1, -0.05) is 0 Å². The number of hydrogen-bond acceptors (Lipinski definition) is 4. The Balaban J connectivity index is 2.34. The van der Waals surface area contributed by atoms with E-state index in [1.165, 1.54) is 12.3 Å². The van der Waals surface area contributed by atoms with Gasteiger partial charge in [0, 0.05) is 24.8 Å². The molecule has 0 aromatic carbocycles. The fourth-order valence-electron chi connectivity index (χ4n) is 1.38. The minimum Gasteiger partial charge on any atom is -0.370 e. The van der Waals surface area contributed by atoms with Crippen LogP contribution in [0.15, 0.2) is 18.3 Å². The lowest BCUT2D eigenvalue weighted by Crippen LogP contribution is -2.29. The van der Waals surface area contributed by atoms with Gasteiger partial charge in [-0.05, 0) is 19.1 Å². The number of hydrogen-bond donors (Lipinski definition) is 2. The van der Waals surface area contributed by atoms with Gasteiger partial charge < -0.3 is 15.4 Å². The van der Waals surface area contributed by atoms with E-state index in [1.54, 1.807) is 6.07 Å². The van der Waals surface area contributed by atoms with E-state index in [1.807, 2.05) is 6.92 Å². The van der Waals surface area contributed by atoms with Crippen LogP contribution in [0, 0.1) is 0 Å². The van der Waals surface area contributed by atoms with E-state index >= 15 is 0 Å². The summed E-state index contributed by atoms with van der Waals surface area (Å²) in [6.45, 7) is 1.06. The molecule has 0 saturated heterocycles. The van der Waals surface area contributed by atoms with Gasteiger partial charge in [-0.2, -0.15) is 13.2 Å². The molecule has 0 atom stereocenters. The number of amides is 1. The molecule has 0 fully saturated rings. The highest BCUT2D eigenvalue weighted by molar-refractivity contribution is 5.94. The smallest absolute Gasteiger partial charge is 0.370 e. The summed E-state index contributed by atoms with van der Waals surface area (Å²) in [5.74, 6) is 0.177. The Bertz CT molecular complexity index is 438. The van der Waals surface area contributed by atoms with Crippen molar-refractivity contribution in [3.8, 4) is 0 Å². The highest BCUT2D eigenvalue weighted by atomic mass is 19.4. The zero-order chi connectivity index (χ0) is 15.0. The molecule has 8 heteroatoms. The molecule has 20 heavy (non-hydrogen) atoms. The summed E-state index contributed by atoms with van der Waals surface area (Å²) in [6.07, 6.45) is -2.87. The molecular weight excluding hydrogens is 275 g/mol. The summed E-state index contributed by atoms with van der Waals surface area (Å²) in [6, 6.07) is 3.09. The molecule has 0 spiro atoms. The number of carbonyl (C=O) groups is 1. The lowest BCUT2D eigenvalue weighted by molar-refractivity contribution is -0.173. The van der Waals surface area contributed by atoms with Crippen molar-refractivity contribution in [1.29, 1.82) is 0 Å². The first-order valence-electron chi connectivity index (χ1n) is 6.05. The highest BCUT2D eigenvalue weighted by Gasteiger charge is 2.27. The second-order valence-electron chi connectivity index (χ2n) is 3.88. The van der Waals surface area contributed by atoms with Crippen molar-refractivity contribution in [3.63, 3.8) is 0 Å². The number of ether oxygens (including phenoxy) is 1. The van der Waals surface area contributed by atoms with Crippen molar-refractivity contribution < 1.29 is 22.7 Å². The number of pyridine rings is 1. The maximum absolute atomic E-state index is 11.8. The van der Waals surface area contributed by atoms with Gasteiger partial charge in [0.05, 0.1) is 6.61 Å². The molecule has 1 amide bonds. The second kappa shape index (κ2) is 7.68. The Hall–Kier alpha value is -1.83. The molecule has 0 bridgehead atoms. The molecule has 0 radical (unpaired) electrons. The number of rotatable bonds is 7. The van der Waals surface area contributed by atoms with Crippen LogP contribution in [0.25, 0.3) is 0 Å². The maximum atomic E-state index is 11.8. The molecule has 2 N–H and O–H groups in total. The SMILES string of the molecule is CCNc1cc(C(=O)NCCOCC(F)(F)F)ccn1. The van der Waals surface area contributed by atoms with Crippen LogP contribution in [0.2, 0.25) is 0 Å². The predicted octanol–water partition coefficient (Wildman–Crippen LogP) is 1.82. The van der Waals surface area contributed by atoms with Crippen molar-refractivity contribution in [3.05, 3.63) is 23.9 Å². The minimum atomic E-state index is -4.35. The standard InChI is InChI=1S/C12H16F3N3O2/c1-2-16-10-7-9(3-4-17-10)11(19)18-5-6-20-8-12(13,14)15/h3-4,7H,2,5-6,8H2,1H3,(H,16,17)(H,18,19). The number of nitrogens with zero attached hydrogens (tertiary/aromatic N) is 1. The van der Waals surface area contributed by atoms with E-state index in [0.29, 0.717) is 17.9 Å². The third-order valence-corrected chi connectivity index (χ3v) is 2.18. The fourth-order valence-corrected chi connectivity index (χ4v) is 1.38. The first-order chi connectivity index (χ1) is 9.42. The Labute approximate surface area is 114 Å². The minimum absolute atomic E-state index is 0.00771. The van der Waals surface area contributed by atoms with E-state index < -0.39 is 12.8 Å². The summed E-state index contributed by atoms with van der Waals surface area (Å²) >= 11 is 0. The van der Waals surface area contributed by atoms with E-state index in [-0.39, 0.29) is 19.1 Å². The molecule has 1 aromatic rings. The van der Waals surface area contributed by atoms with Crippen molar-refractivity contribution >= 4 is 11.7 Å². The zero-order valence-electron chi connectivity index (χ0n) is 11.0. The highest BCUT2D eigenvalue weighted by Crippen LogP contribution is 2.14. The van der Waals surface area contributed by atoms with Gasteiger partial charge in [-0.15, -0.1) is 0 Å². The summed E-state index contributed by atoms with van der Waals surface area (Å²) in [7, 11) is 0. The Kier molecular flexibility index (Phi) is 6.23. The molecule has 0 aliphatic carbocycles. The van der Waals surface area contributed by atoms with E-state index in [2.05, 4.69) is 20.4 Å². The Morgan fingerprint density at radius 1 is 1.45 bits per heavy atom. The Morgan fingerprint density at radius 2 is 2.20 bits per heavy atom. The van der Waals surface area contributed by atoms with Gasteiger partial charge in [-0.3, -0.25) is 4.79 Å². The molecule has 5 nitrogen and oxygen atoms in total. The van der Waals surface area contributed by atoms with Crippen LogP contribution >= 0.6 is 0 Å². The van der Waals surface area contributed by atoms with Crippen molar-refractivity contribution in [2.24, 2.45) is 0 Å². The van der Waals surface area contributed by atoms with Gasteiger partial charge in [0.15, 0.2) is 0 Å². The molecule has 0 saturated carbocycles. The van der Waals surface area contributed by atoms with Gasteiger partial charge >= 0.3 is 6.18 Å². The third-order valence-electron chi connectivity index (χ3n) is 2.18. The van der Waals surface area contributed by atoms with E-state index in [9.17, 15) is 18.0 Å². The topological polar surface area (TPSA) is 63.2 Å². The number of aromatic nitrogens is 1. The quantitative estimate of drug-likeness (QED) is 0.752. The molecule has 1 rings (SSSR count). The predicted molar refractivity (Wildman–Crippen MR) is 67.6 cm³/mol. The lowest BCUT2D eigenvalue weighted by atomic mass is 10.2. The largest absolute Gasteiger partial charge is 0.411 e. The molecule has 1 heterocycles. The van der Waals surface area contributed by atoms with Crippen LogP contribution in [0.1, 0.15) is 17.3 Å². The summed E-state index contributed by atoms with van der Waals surface area (Å²) in [5, 5.41) is 5.42. The van der Waals surface area contributed by atoms with Crippen molar-refractivity contribution in [2.75, 3.05) is 31.6 Å². The number of alkyl halides is 3. The normalized spacial score (nSPS) is 11.2. The molecule has 0 unspecified atom stereocenters. The van der Waals surface area contributed by atoms with Gasteiger partial charge in [0.2, 0.25) is 0 Å². The van der Waals surface area contributed by atoms with Crippen LogP contribution in [0.3, 0.4) is 0 Å². The molecular formula is C12H16F3N3O2. The summed E-state index contributed by atoms with van der Waals surface area (Å²) < 4.78 is 39.8. The number of halogens is 3. The lowest BCUT2D eigenvalue weighted by Gasteiger charge is -2.09. The van der Waals surface area contributed by atoms with Crippen LogP contribution < -0.4 is 10.6 Å². The third kappa shape index (κ3) is 6.37. The van der Waals surface area contributed by atoms with Crippen LogP contribution in [-0.2, 0) is 4.74 Å². The van der Waals surface area contributed by atoms with E-state index in [4.69, 9.17) is 0 Å². The molecule has 0 aliphatic rings. The van der Waals surface area contributed by atoms with Crippen LogP contribution in [0.5, 0.6) is 0 Å². The maximum Gasteiger partial charge on any atom is 0.411 e. The fraction of sp³-hybridized carbons (Fsp3) is 0.500. The first kappa shape index (κ1) is 16.2. The monoisotopic (exact) mass is 291 g/mol. The van der Waals surface area contributed by atoms with E-state index in [0.717, 1.165) is 0 Å². The van der Waals surface area contributed by atoms with Crippen molar-refractivity contribution in [2.45, 2.75) is 13.1 Å². The number of anilines is 1. The average molecular weight is 291 g/mol. The summed E-state index contributed by atoms with van der Waals surface area (Å²) in [5.41, 5.74) is 0.381. The van der Waals surface area contributed by atoms with Gasteiger partial charge in [0.25, 0.3) is 5.91 Å². The second-order valence-corrected chi connectivity index (χ2v) is 3.88. The van der Waals surface area contributed by atoms with Crippen LogP contribution in [0.4, 0.5) is 19.0 Å². The molecule has 1 aromatic heterocycles. The van der Waals surface area contributed by atoms with Crippen LogP contribution in [-0.4, -0.2) is 43.4 Å².